The molecule has 17 heavy (non-hydrogen) atoms. The fraction of sp³-hybridized carbons (Fsp3) is 0.500. The van der Waals surface area contributed by atoms with Crippen LogP contribution in [-0.2, 0) is 4.74 Å². The molecule has 0 heterocycles. The van der Waals surface area contributed by atoms with Crippen LogP contribution in [0.2, 0.25) is 10.0 Å². The van der Waals surface area contributed by atoms with Gasteiger partial charge < -0.3 is 15.8 Å². The van der Waals surface area contributed by atoms with Crippen molar-refractivity contribution in [1.29, 1.82) is 0 Å². The van der Waals surface area contributed by atoms with Crippen molar-refractivity contribution < 1.29 is 4.74 Å². The number of methoxy groups -OCH3 is 1. The Labute approximate surface area is 112 Å². The molecule has 96 valence electrons. The molecule has 1 aromatic rings. The Bertz CT molecular complexity index is 360. The highest BCUT2D eigenvalue weighted by Crippen LogP contribution is 2.25. The first kappa shape index (κ1) is 14.7. The Kier molecular flexibility index (Phi) is 6.23. The summed E-state index contributed by atoms with van der Waals surface area (Å²) in [6, 6.07) is 5.44. The topological polar surface area (TPSA) is 47.3 Å². The van der Waals surface area contributed by atoms with E-state index < -0.39 is 0 Å². The fourth-order valence-electron chi connectivity index (χ4n) is 1.50. The zero-order chi connectivity index (χ0) is 12.8. The molecule has 0 aliphatic heterocycles. The number of nitrogens with two attached hydrogens (primary N) is 1. The Hall–Kier alpha value is -0.320. The lowest BCUT2D eigenvalue weighted by molar-refractivity contribution is 0.114. The maximum absolute atomic E-state index is 6.14. The number of hydrogen-bond acceptors (Lipinski definition) is 3. The van der Waals surface area contributed by atoms with E-state index in [1.807, 2.05) is 19.1 Å². The molecule has 0 aliphatic carbocycles. The SMILES string of the molecule is COC(C)CNC(CN)c1ccc(Cl)cc1Cl. The van der Waals surface area contributed by atoms with E-state index >= 15 is 0 Å². The predicted octanol–water partition coefficient (Wildman–Crippen LogP) is 2.62. The van der Waals surface area contributed by atoms with Crippen LogP contribution in [0, 0.1) is 0 Å². The molecule has 3 nitrogen and oxygen atoms in total. The Morgan fingerprint density at radius 1 is 1.41 bits per heavy atom. The quantitative estimate of drug-likeness (QED) is 0.840. The largest absolute Gasteiger partial charge is 0.380 e. The number of nitrogens with one attached hydrogen (secondary N) is 1. The van der Waals surface area contributed by atoms with Crippen LogP contribution in [0.25, 0.3) is 0 Å². The summed E-state index contributed by atoms with van der Waals surface area (Å²) in [5.74, 6) is 0. The van der Waals surface area contributed by atoms with Gasteiger partial charge in [0.15, 0.2) is 0 Å². The molecule has 2 unspecified atom stereocenters. The number of ether oxygens (including phenoxy) is 1. The zero-order valence-corrected chi connectivity index (χ0v) is 11.6. The van der Waals surface area contributed by atoms with Crippen LogP contribution in [0.15, 0.2) is 18.2 Å². The minimum absolute atomic E-state index is 0.0115. The fourth-order valence-corrected chi connectivity index (χ4v) is 2.04. The molecule has 1 rings (SSSR count). The molecular formula is C12H18Cl2N2O. The minimum Gasteiger partial charge on any atom is -0.380 e. The van der Waals surface area contributed by atoms with Gasteiger partial charge in [0.05, 0.1) is 6.10 Å². The third-order valence-electron chi connectivity index (χ3n) is 2.63. The first-order chi connectivity index (χ1) is 8.08. The molecule has 0 spiro atoms. The summed E-state index contributed by atoms with van der Waals surface area (Å²) in [7, 11) is 1.68. The van der Waals surface area contributed by atoms with Gasteiger partial charge in [0.25, 0.3) is 0 Å². The monoisotopic (exact) mass is 276 g/mol. The number of hydrogen-bond donors (Lipinski definition) is 2. The van der Waals surface area contributed by atoms with Gasteiger partial charge in [0.2, 0.25) is 0 Å². The first-order valence-corrected chi connectivity index (χ1v) is 6.25. The Balaban J connectivity index is 2.72. The maximum Gasteiger partial charge on any atom is 0.0667 e. The van der Waals surface area contributed by atoms with E-state index in [4.69, 9.17) is 33.7 Å². The van der Waals surface area contributed by atoms with Crippen LogP contribution in [0.1, 0.15) is 18.5 Å². The summed E-state index contributed by atoms with van der Waals surface area (Å²) in [5.41, 5.74) is 6.70. The van der Waals surface area contributed by atoms with Crippen molar-refractivity contribution in [1.82, 2.24) is 5.32 Å². The van der Waals surface area contributed by atoms with Gasteiger partial charge in [-0.1, -0.05) is 29.3 Å². The van der Waals surface area contributed by atoms with Gasteiger partial charge >= 0.3 is 0 Å². The van der Waals surface area contributed by atoms with Gasteiger partial charge in [-0.2, -0.15) is 0 Å². The average molecular weight is 277 g/mol. The van der Waals surface area contributed by atoms with Crippen LogP contribution < -0.4 is 11.1 Å². The second-order valence-corrected chi connectivity index (χ2v) is 4.75. The van der Waals surface area contributed by atoms with Crippen molar-refractivity contribution in [2.45, 2.75) is 19.1 Å². The average Bonchev–Trinajstić information content (AvgIpc) is 2.31. The predicted molar refractivity (Wildman–Crippen MR) is 72.7 cm³/mol. The van der Waals surface area contributed by atoms with Crippen LogP contribution in [0.4, 0.5) is 0 Å². The van der Waals surface area contributed by atoms with Crippen LogP contribution in [-0.4, -0.2) is 26.3 Å². The summed E-state index contributed by atoms with van der Waals surface area (Å²) in [5, 5.41) is 4.57. The molecule has 0 radical (unpaired) electrons. The molecule has 0 saturated heterocycles. The van der Waals surface area contributed by atoms with Crippen molar-refractivity contribution in [3.8, 4) is 0 Å². The molecule has 0 saturated carbocycles. The molecule has 5 heteroatoms. The van der Waals surface area contributed by atoms with Crippen molar-refractivity contribution in [3.63, 3.8) is 0 Å². The maximum atomic E-state index is 6.14. The lowest BCUT2D eigenvalue weighted by Gasteiger charge is -2.20. The Morgan fingerprint density at radius 2 is 2.12 bits per heavy atom. The molecule has 0 aliphatic rings. The number of halogens is 2. The molecular weight excluding hydrogens is 259 g/mol. The van der Waals surface area contributed by atoms with E-state index in [-0.39, 0.29) is 12.1 Å². The van der Waals surface area contributed by atoms with E-state index in [0.29, 0.717) is 16.6 Å². The van der Waals surface area contributed by atoms with E-state index in [1.165, 1.54) is 0 Å². The molecule has 2 atom stereocenters. The highest BCUT2D eigenvalue weighted by Gasteiger charge is 2.14. The normalized spacial score (nSPS) is 14.6. The lowest BCUT2D eigenvalue weighted by atomic mass is 10.1. The molecule has 0 bridgehead atoms. The third kappa shape index (κ3) is 4.45. The molecule has 1 aromatic carbocycles. The second kappa shape index (κ2) is 7.19. The lowest BCUT2D eigenvalue weighted by Crippen LogP contribution is -2.34. The molecule has 0 amide bonds. The van der Waals surface area contributed by atoms with Gasteiger partial charge in [0.1, 0.15) is 0 Å². The van der Waals surface area contributed by atoms with E-state index in [1.54, 1.807) is 13.2 Å². The van der Waals surface area contributed by atoms with E-state index in [2.05, 4.69) is 5.32 Å². The van der Waals surface area contributed by atoms with E-state index in [0.717, 1.165) is 12.1 Å². The Morgan fingerprint density at radius 3 is 2.65 bits per heavy atom. The summed E-state index contributed by atoms with van der Waals surface area (Å²) in [4.78, 5) is 0. The van der Waals surface area contributed by atoms with Crippen molar-refractivity contribution >= 4 is 23.2 Å². The molecule has 0 fully saturated rings. The van der Waals surface area contributed by atoms with Gasteiger partial charge in [-0.15, -0.1) is 0 Å². The molecule has 0 aromatic heterocycles. The summed E-state index contributed by atoms with van der Waals surface area (Å²) < 4.78 is 5.17. The zero-order valence-electron chi connectivity index (χ0n) is 10.0. The summed E-state index contributed by atoms with van der Waals surface area (Å²) >= 11 is 12.0. The summed E-state index contributed by atoms with van der Waals surface area (Å²) in [6.45, 7) is 3.18. The smallest absolute Gasteiger partial charge is 0.0667 e. The molecule has 3 N–H and O–H groups in total. The van der Waals surface area contributed by atoms with Crippen LogP contribution >= 0.6 is 23.2 Å². The van der Waals surface area contributed by atoms with Crippen molar-refractivity contribution in [2.24, 2.45) is 5.73 Å². The van der Waals surface area contributed by atoms with Crippen LogP contribution in [0.5, 0.6) is 0 Å². The third-order valence-corrected chi connectivity index (χ3v) is 3.19. The van der Waals surface area contributed by atoms with Crippen molar-refractivity contribution in [3.05, 3.63) is 33.8 Å². The van der Waals surface area contributed by atoms with Gasteiger partial charge in [0, 0.05) is 36.3 Å². The second-order valence-electron chi connectivity index (χ2n) is 3.91. The highest BCUT2D eigenvalue weighted by atomic mass is 35.5. The van der Waals surface area contributed by atoms with Gasteiger partial charge in [-0.25, -0.2) is 0 Å². The van der Waals surface area contributed by atoms with Gasteiger partial charge in [-0.3, -0.25) is 0 Å². The number of benzene rings is 1. The standard InChI is InChI=1S/C12H18Cl2N2O/c1-8(17-2)7-16-12(6-15)10-4-3-9(13)5-11(10)14/h3-5,8,12,16H,6-7,15H2,1-2H3. The highest BCUT2D eigenvalue weighted by molar-refractivity contribution is 6.35. The van der Waals surface area contributed by atoms with Gasteiger partial charge in [-0.05, 0) is 24.6 Å². The summed E-state index contributed by atoms with van der Waals surface area (Å²) in [6.07, 6.45) is 0.134. The van der Waals surface area contributed by atoms with E-state index in [9.17, 15) is 0 Å². The number of rotatable bonds is 6. The van der Waals surface area contributed by atoms with Crippen LogP contribution in [0.3, 0.4) is 0 Å². The first-order valence-electron chi connectivity index (χ1n) is 5.49. The minimum atomic E-state index is 0.0115. The van der Waals surface area contributed by atoms with Crippen molar-refractivity contribution in [2.75, 3.05) is 20.2 Å².